The summed E-state index contributed by atoms with van der Waals surface area (Å²) in [7, 11) is 1.66. The molecule has 0 aliphatic carbocycles. The minimum Gasteiger partial charge on any atom is -0.454 e. The Balaban J connectivity index is 1.54. The number of aryl methyl sites for hydroxylation is 2. The molecule has 1 atom stereocenters. The third-order valence-corrected chi connectivity index (χ3v) is 6.91. The molecular formula is C27H32N6O4. The zero-order chi connectivity index (χ0) is 25.9. The van der Waals surface area contributed by atoms with Gasteiger partial charge in [-0.2, -0.15) is 0 Å². The Hall–Kier alpha value is -3.76. The number of methoxy groups -OCH3 is 1. The first-order chi connectivity index (χ1) is 18.0. The summed E-state index contributed by atoms with van der Waals surface area (Å²) in [6.07, 6.45) is 0.752. The molecule has 0 saturated heterocycles. The molecule has 1 aliphatic rings. The number of aromatic nitrogens is 5. The molecule has 4 aromatic rings. The van der Waals surface area contributed by atoms with Crippen LogP contribution in [0, 0.1) is 13.8 Å². The van der Waals surface area contributed by atoms with Gasteiger partial charge in [0.1, 0.15) is 0 Å². The predicted octanol–water partition coefficient (Wildman–Crippen LogP) is 3.66. The highest BCUT2D eigenvalue weighted by molar-refractivity contribution is 5.85. The summed E-state index contributed by atoms with van der Waals surface area (Å²) in [5.74, 6) is 2.21. The Labute approximate surface area is 215 Å². The molecule has 10 heteroatoms. The maximum atomic E-state index is 13.3. The number of hydrogen-bond donors (Lipinski definition) is 1. The van der Waals surface area contributed by atoms with Crippen LogP contribution in [-0.4, -0.2) is 50.6 Å². The van der Waals surface area contributed by atoms with Crippen LogP contribution in [-0.2, 0) is 24.4 Å². The number of hydrogen-bond acceptors (Lipinski definition) is 8. The second-order valence-corrected chi connectivity index (χ2v) is 9.38. The average Bonchev–Trinajstić information content (AvgIpc) is 3.55. The fourth-order valence-corrected chi connectivity index (χ4v) is 4.90. The van der Waals surface area contributed by atoms with E-state index in [0.717, 1.165) is 51.3 Å². The number of rotatable bonds is 10. The Morgan fingerprint density at radius 1 is 1.11 bits per heavy atom. The van der Waals surface area contributed by atoms with E-state index in [1.165, 1.54) is 0 Å². The first-order valence-electron chi connectivity index (χ1n) is 12.5. The Morgan fingerprint density at radius 3 is 2.73 bits per heavy atom. The van der Waals surface area contributed by atoms with E-state index in [2.05, 4.69) is 45.3 Å². The Morgan fingerprint density at radius 2 is 1.92 bits per heavy atom. The molecule has 0 fully saturated rings. The average molecular weight is 505 g/mol. The van der Waals surface area contributed by atoms with E-state index in [4.69, 9.17) is 14.2 Å². The van der Waals surface area contributed by atoms with Crippen LogP contribution in [0.2, 0.25) is 0 Å². The third kappa shape index (κ3) is 5.07. The largest absolute Gasteiger partial charge is 0.454 e. The summed E-state index contributed by atoms with van der Waals surface area (Å²) in [5, 5.41) is 13.6. The third-order valence-electron chi connectivity index (χ3n) is 6.91. The van der Waals surface area contributed by atoms with Crippen molar-refractivity contribution >= 4 is 10.9 Å². The van der Waals surface area contributed by atoms with Gasteiger partial charge in [-0.15, -0.1) is 5.10 Å². The van der Waals surface area contributed by atoms with Crippen molar-refractivity contribution in [1.29, 1.82) is 0 Å². The van der Waals surface area contributed by atoms with E-state index >= 15 is 0 Å². The number of pyridine rings is 1. The SMILES string of the molecule is CC[C@@H](c1nnnn1CCOC)N(Cc1ccc2c(c1)OCO2)Cc1cc2c(C)ccc(C)c2[nH]c1=O. The lowest BCUT2D eigenvalue weighted by Crippen LogP contribution is -2.32. The summed E-state index contributed by atoms with van der Waals surface area (Å²) in [6, 6.07) is 12.0. The van der Waals surface area contributed by atoms with Crippen molar-refractivity contribution in [2.45, 2.75) is 52.9 Å². The van der Waals surface area contributed by atoms with Crippen LogP contribution in [0.4, 0.5) is 0 Å². The molecule has 3 heterocycles. The molecular weight excluding hydrogens is 472 g/mol. The van der Waals surface area contributed by atoms with Gasteiger partial charge in [-0.3, -0.25) is 9.69 Å². The van der Waals surface area contributed by atoms with Crippen molar-refractivity contribution in [3.05, 3.63) is 74.8 Å². The van der Waals surface area contributed by atoms with Gasteiger partial charge in [-0.25, -0.2) is 4.68 Å². The quantitative estimate of drug-likeness (QED) is 0.349. The number of nitrogens with zero attached hydrogens (tertiary/aromatic N) is 5. The summed E-state index contributed by atoms with van der Waals surface area (Å²) >= 11 is 0. The van der Waals surface area contributed by atoms with E-state index in [0.29, 0.717) is 31.8 Å². The van der Waals surface area contributed by atoms with Crippen LogP contribution in [0.1, 0.15) is 47.5 Å². The zero-order valence-electron chi connectivity index (χ0n) is 21.7. The second-order valence-electron chi connectivity index (χ2n) is 9.38. The highest BCUT2D eigenvalue weighted by atomic mass is 16.7. The molecule has 0 amide bonds. The van der Waals surface area contributed by atoms with Gasteiger partial charge in [0.2, 0.25) is 6.79 Å². The highest BCUT2D eigenvalue weighted by Gasteiger charge is 2.27. The molecule has 1 aliphatic heterocycles. The molecule has 2 aromatic heterocycles. The predicted molar refractivity (Wildman–Crippen MR) is 139 cm³/mol. The van der Waals surface area contributed by atoms with E-state index in [1.807, 2.05) is 37.3 Å². The number of ether oxygens (including phenoxy) is 3. The molecule has 0 bridgehead atoms. The van der Waals surface area contributed by atoms with Gasteiger partial charge in [0.15, 0.2) is 17.3 Å². The number of benzene rings is 2. The fraction of sp³-hybridized carbons (Fsp3) is 0.407. The summed E-state index contributed by atoms with van der Waals surface area (Å²) in [4.78, 5) is 18.6. The van der Waals surface area contributed by atoms with Gasteiger partial charge < -0.3 is 19.2 Å². The molecule has 194 valence electrons. The van der Waals surface area contributed by atoms with Crippen molar-refractivity contribution in [3.8, 4) is 11.5 Å². The molecule has 1 N–H and O–H groups in total. The highest BCUT2D eigenvalue weighted by Crippen LogP contribution is 2.34. The van der Waals surface area contributed by atoms with Crippen molar-refractivity contribution in [1.82, 2.24) is 30.1 Å². The normalized spacial score (nSPS) is 13.5. The lowest BCUT2D eigenvalue weighted by Gasteiger charge is -2.30. The van der Waals surface area contributed by atoms with E-state index in [-0.39, 0.29) is 18.4 Å². The number of H-pyrrole nitrogens is 1. The molecule has 2 aromatic carbocycles. The summed E-state index contributed by atoms with van der Waals surface area (Å²) in [6.45, 7) is 8.43. The minimum atomic E-state index is -0.133. The summed E-state index contributed by atoms with van der Waals surface area (Å²) in [5.41, 5.74) is 4.69. The number of nitrogens with one attached hydrogen (secondary N) is 1. The van der Waals surface area contributed by atoms with Crippen molar-refractivity contribution < 1.29 is 14.2 Å². The number of aromatic amines is 1. The Kier molecular flexibility index (Phi) is 7.20. The van der Waals surface area contributed by atoms with Crippen LogP contribution in [0.5, 0.6) is 11.5 Å². The van der Waals surface area contributed by atoms with Gasteiger partial charge in [-0.05, 0) is 65.6 Å². The minimum absolute atomic E-state index is 0.0919. The molecule has 0 radical (unpaired) electrons. The van der Waals surface area contributed by atoms with Gasteiger partial charge in [0.05, 0.1) is 24.7 Å². The second kappa shape index (κ2) is 10.7. The zero-order valence-corrected chi connectivity index (χ0v) is 21.7. The standard InChI is InChI=1S/C27H32N6O4/c1-5-22(26-29-30-31-33(26)10-11-35-4)32(14-19-8-9-23-24(12-19)37-16-36-23)15-20-13-21-17(2)6-7-18(3)25(21)28-27(20)34/h6-9,12-13,22H,5,10-11,14-16H2,1-4H3,(H,28,34)/t22-/m0/s1. The van der Waals surface area contributed by atoms with E-state index < -0.39 is 0 Å². The number of tetrazole rings is 1. The maximum Gasteiger partial charge on any atom is 0.252 e. The van der Waals surface area contributed by atoms with Gasteiger partial charge >= 0.3 is 0 Å². The van der Waals surface area contributed by atoms with Gasteiger partial charge in [-0.1, -0.05) is 25.1 Å². The van der Waals surface area contributed by atoms with Crippen molar-refractivity contribution in [3.63, 3.8) is 0 Å². The smallest absolute Gasteiger partial charge is 0.252 e. The first kappa shape index (κ1) is 24.9. The van der Waals surface area contributed by atoms with Gasteiger partial charge in [0.25, 0.3) is 5.56 Å². The molecule has 10 nitrogen and oxygen atoms in total. The van der Waals surface area contributed by atoms with Crippen LogP contribution in [0.15, 0.2) is 41.2 Å². The fourth-order valence-electron chi connectivity index (χ4n) is 4.90. The molecule has 0 unspecified atom stereocenters. The lowest BCUT2D eigenvalue weighted by atomic mass is 10.0. The molecule has 0 saturated carbocycles. The first-order valence-corrected chi connectivity index (χ1v) is 12.5. The van der Waals surface area contributed by atoms with Crippen molar-refractivity contribution in [2.24, 2.45) is 0 Å². The Bertz CT molecular complexity index is 1460. The van der Waals surface area contributed by atoms with Crippen LogP contribution in [0.25, 0.3) is 10.9 Å². The van der Waals surface area contributed by atoms with Crippen LogP contribution < -0.4 is 15.0 Å². The molecule has 5 rings (SSSR count). The van der Waals surface area contributed by atoms with Crippen LogP contribution >= 0.6 is 0 Å². The van der Waals surface area contributed by atoms with E-state index in [9.17, 15) is 4.79 Å². The molecule has 0 spiro atoms. The monoisotopic (exact) mass is 504 g/mol. The lowest BCUT2D eigenvalue weighted by molar-refractivity contribution is 0.150. The van der Waals surface area contributed by atoms with Crippen LogP contribution in [0.3, 0.4) is 0 Å². The maximum absolute atomic E-state index is 13.3. The molecule has 37 heavy (non-hydrogen) atoms. The van der Waals surface area contributed by atoms with Crippen molar-refractivity contribution in [2.75, 3.05) is 20.5 Å². The van der Waals surface area contributed by atoms with Gasteiger partial charge in [0, 0.05) is 31.1 Å². The number of fused-ring (bicyclic) bond motifs is 2. The van der Waals surface area contributed by atoms with E-state index in [1.54, 1.807) is 11.8 Å². The summed E-state index contributed by atoms with van der Waals surface area (Å²) < 4.78 is 18.1. The topological polar surface area (TPSA) is 107 Å².